The summed E-state index contributed by atoms with van der Waals surface area (Å²) in [4.78, 5) is 33.5. The zero-order chi connectivity index (χ0) is 30.7. The second kappa shape index (κ2) is 15.6. The largest absolute Gasteiger partial charge is 0.481 e. The van der Waals surface area contributed by atoms with Crippen molar-refractivity contribution in [2.24, 2.45) is 4.99 Å². The number of para-hydroxylation sites is 1. The van der Waals surface area contributed by atoms with Gasteiger partial charge in [-0.2, -0.15) is 13.2 Å². The van der Waals surface area contributed by atoms with Gasteiger partial charge in [0.25, 0.3) is 0 Å². The average molecular weight is 613 g/mol. The number of carbonyl (C=O) groups excluding carboxylic acids is 2. The number of nitrogens with zero attached hydrogens (tertiary/aromatic N) is 3. The Bertz CT molecular complexity index is 1360. The molecular weight excluding hydrogens is 577 g/mol. The van der Waals surface area contributed by atoms with Gasteiger partial charge in [0.2, 0.25) is 5.91 Å². The van der Waals surface area contributed by atoms with E-state index in [2.05, 4.69) is 22.1 Å². The number of hydrogen-bond acceptors (Lipinski definition) is 6. The summed E-state index contributed by atoms with van der Waals surface area (Å²) in [6.07, 6.45) is 0.730. The van der Waals surface area contributed by atoms with E-state index in [1.165, 1.54) is 18.6 Å². The molecule has 2 aromatic rings. The van der Waals surface area contributed by atoms with Gasteiger partial charge in [0.1, 0.15) is 18.6 Å². The molecular formula is C32H35F3N4O3S. The molecule has 1 saturated carbocycles. The predicted octanol–water partition coefficient (Wildman–Crippen LogP) is 5.53. The first-order chi connectivity index (χ1) is 20.7. The van der Waals surface area contributed by atoms with Gasteiger partial charge in [-0.15, -0.1) is 0 Å². The third-order valence-corrected chi connectivity index (χ3v) is 8.56. The van der Waals surface area contributed by atoms with Crippen LogP contribution in [0.1, 0.15) is 37.7 Å². The summed E-state index contributed by atoms with van der Waals surface area (Å²) in [5.41, 5.74) is 1.55. The molecule has 1 aliphatic carbocycles. The molecule has 0 bridgehead atoms. The molecule has 1 heterocycles. The van der Waals surface area contributed by atoms with Crippen molar-refractivity contribution in [3.05, 3.63) is 71.4 Å². The fraction of sp³-hybridized carbons (Fsp3) is 0.406. The van der Waals surface area contributed by atoms with E-state index in [-0.39, 0.29) is 25.5 Å². The lowest BCUT2D eigenvalue weighted by Crippen LogP contribution is -2.39. The maximum absolute atomic E-state index is 12.8. The van der Waals surface area contributed by atoms with Crippen molar-refractivity contribution in [3.63, 3.8) is 0 Å². The predicted molar refractivity (Wildman–Crippen MR) is 164 cm³/mol. The molecule has 4 rings (SSSR count). The van der Waals surface area contributed by atoms with Crippen LogP contribution >= 0.6 is 11.8 Å². The Morgan fingerprint density at radius 2 is 1.91 bits per heavy atom. The normalized spacial score (nSPS) is 15.8. The van der Waals surface area contributed by atoms with Crippen molar-refractivity contribution >= 4 is 34.8 Å². The van der Waals surface area contributed by atoms with Gasteiger partial charge in [0.15, 0.2) is 5.17 Å². The maximum Gasteiger partial charge on any atom is 0.416 e. The zero-order valence-corrected chi connectivity index (χ0v) is 24.8. The van der Waals surface area contributed by atoms with Gasteiger partial charge in [-0.3, -0.25) is 9.59 Å². The fourth-order valence-corrected chi connectivity index (χ4v) is 5.69. The summed E-state index contributed by atoms with van der Waals surface area (Å²) in [5, 5.41) is 4.47. The Morgan fingerprint density at radius 1 is 1.16 bits per heavy atom. The van der Waals surface area contributed by atoms with Crippen LogP contribution in [0.15, 0.2) is 70.9 Å². The average Bonchev–Trinajstić information content (AvgIpc) is 2.99. The number of ether oxygens (including phenoxy) is 1. The van der Waals surface area contributed by atoms with Crippen LogP contribution < -0.4 is 15.0 Å². The van der Waals surface area contributed by atoms with Crippen LogP contribution in [0.3, 0.4) is 0 Å². The summed E-state index contributed by atoms with van der Waals surface area (Å²) < 4.78 is 43.2. The summed E-state index contributed by atoms with van der Waals surface area (Å²) in [6.45, 7) is 1.51. The molecule has 0 aromatic heterocycles. The molecule has 1 fully saturated rings. The Labute approximate surface area is 254 Å². The van der Waals surface area contributed by atoms with E-state index >= 15 is 0 Å². The summed E-state index contributed by atoms with van der Waals surface area (Å²) in [7, 11) is 1.99. The first kappa shape index (κ1) is 32.2. The molecule has 2 aromatic carbocycles. The number of halogens is 3. The van der Waals surface area contributed by atoms with Crippen LogP contribution in [0.2, 0.25) is 0 Å². The van der Waals surface area contributed by atoms with E-state index < -0.39 is 11.7 Å². The molecule has 1 N–H and O–H groups in total. The van der Waals surface area contributed by atoms with Crippen LogP contribution in [-0.4, -0.2) is 67.3 Å². The van der Waals surface area contributed by atoms with Crippen LogP contribution in [0.4, 0.5) is 18.9 Å². The fourth-order valence-electron chi connectivity index (χ4n) is 4.40. The number of thioether (sulfide) groups is 1. The summed E-state index contributed by atoms with van der Waals surface area (Å²) in [6, 6.07) is 14.4. The molecule has 43 heavy (non-hydrogen) atoms. The Morgan fingerprint density at radius 3 is 2.56 bits per heavy atom. The van der Waals surface area contributed by atoms with Gasteiger partial charge < -0.3 is 19.9 Å². The van der Waals surface area contributed by atoms with E-state index in [0.717, 1.165) is 47.8 Å². The van der Waals surface area contributed by atoms with Crippen molar-refractivity contribution < 1.29 is 27.5 Å². The third-order valence-electron chi connectivity index (χ3n) is 7.18. The number of amidine groups is 1. The van der Waals surface area contributed by atoms with E-state index in [1.54, 1.807) is 16.7 Å². The van der Waals surface area contributed by atoms with Gasteiger partial charge in [-0.05, 0) is 49.2 Å². The van der Waals surface area contributed by atoms with Crippen LogP contribution in [0, 0.1) is 11.8 Å². The molecule has 0 spiro atoms. The Balaban J connectivity index is 1.23. The second-order valence-corrected chi connectivity index (χ2v) is 11.5. The first-order valence-corrected chi connectivity index (χ1v) is 15.1. The van der Waals surface area contributed by atoms with E-state index in [1.807, 2.05) is 37.4 Å². The number of amides is 1. The second-order valence-electron chi connectivity index (χ2n) is 10.2. The lowest BCUT2D eigenvalue weighted by Gasteiger charge is -2.31. The van der Waals surface area contributed by atoms with Gasteiger partial charge in [0.05, 0.1) is 24.4 Å². The summed E-state index contributed by atoms with van der Waals surface area (Å²) >= 11 is 1.75. The molecule has 0 unspecified atom stereocenters. The monoisotopic (exact) mass is 612 g/mol. The lowest BCUT2D eigenvalue weighted by molar-refractivity contribution is -0.137. The van der Waals surface area contributed by atoms with E-state index in [0.29, 0.717) is 42.6 Å². The van der Waals surface area contributed by atoms with Gasteiger partial charge in [0, 0.05) is 49.5 Å². The van der Waals surface area contributed by atoms with E-state index in [9.17, 15) is 22.8 Å². The van der Waals surface area contributed by atoms with Gasteiger partial charge >= 0.3 is 6.18 Å². The van der Waals surface area contributed by atoms with Crippen LogP contribution in [0.25, 0.3) is 0 Å². The van der Waals surface area contributed by atoms with Crippen molar-refractivity contribution in [2.75, 3.05) is 44.7 Å². The molecule has 11 heteroatoms. The highest BCUT2D eigenvalue weighted by atomic mass is 32.2. The summed E-state index contributed by atoms with van der Waals surface area (Å²) in [5.74, 6) is 5.89. The number of aliphatic imine (C=N–C) groups is 1. The SMILES string of the molecule is CN(C(=NC1=C(C=O)CN(C(=O)CCNCC#CCOc2ccc(C(F)(F)F)cc2)CC1)SC1CCC1)c1ccccc1. The number of alkyl halides is 3. The van der Waals surface area contributed by atoms with Crippen molar-refractivity contribution in [1.29, 1.82) is 0 Å². The standard InChI is InChI=1S/C32H35F3N4O3S/c1-38(26-8-3-2-4-9-26)31(43-28-10-7-11-28)37-29-17-20-39(22-24(29)23-40)30(41)16-19-36-18-5-6-21-42-27-14-12-25(13-15-27)32(33,34)35/h2-4,8-9,12-15,23,28,36H,7,10-11,16-22H2,1H3. The minimum atomic E-state index is -4.39. The highest BCUT2D eigenvalue weighted by molar-refractivity contribution is 8.14. The number of rotatable bonds is 10. The number of nitrogens with one attached hydrogen (secondary N) is 1. The number of benzene rings is 2. The minimum Gasteiger partial charge on any atom is -0.481 e. The highest BCUT2D eigenvalue weighted by Crippen LogP contribution is 2.35. The number of anilines is 1. The number of aldehydes is 1. The topological polar surface area (TPSA) is 74.2 Å². The molecule has 7 nitrogen and oxygen atoms in total. The minimum absolute atomic E-state index is 0.0351. The smallest absolute Gasteiger partial charge is 0.416 e. The molecule has 1 aliphatic heterocycles. The van der Waals surface area contributed by atoms with Crippen molar-refractivity contribution in [2.45, 2.75) is 43.5 Å². The van der Waals surface area contributed by atoms with Crippen LogP contribution in [-0.2, 0) is 15.8 Å². The zero-order valence-electron chi connectivity index (χ0n) is 24.0. The maximum atomic E-state index is 12.8. The lowest BCUT2D eigenvalue weighted by atomic mass is 10.0. The third kappa shape index (κ3) is 9.63. The van der Waals surface area contributed by atoms with Crippen molar-refractivity contribution in [1.82, 2.24) is 10.2 Å². The Kier molecular flexibility index (Phi) is 11.7. The molecule has 0 saturated heterocycles. The number of hydrogen-bond donors (Lipinski definition) is 1. The Hall–Kier alpha value is -3.75. The molecule has 2 aliphatic rings. The van der Waals surface area contributed by atoms with Gasteiger partial charge in [-0.25, -0.2) is 4.99 Å². The van der Waals surface area contributed by atoms with E-state index in [4.69, 9.17) is 9.73 Å². The van der Waals surface area contributed by atoms with Crippen LogP contribution in [0.5, 0.6) is 5.75 Å². The molecule has 228 valence electrons. The number of carbonyl (C=O) groups is 2. The molecule has 1 amide bonds. The van der Waals surface area contributed by atoms with Crippen molar-refractivity contribution in [3.8, 4) is 17.6 Å². The molecule has 0 atom stereocenters. The first-order valence-electron chi connectivity index (χ1n) is 14.2. The van der Waals surface area contributed by atoms with Gasteiger partial charge in [-0.1, -0.05) is 48.2 Å². The highest BCUT2D eigenvalue weighted by Gasteiger charge is 2.30. The quantitative estimate of drug-likeness (QED) is 0.125. The molecule has 0 radical (unpaired) electrons.